The number of rotatable bonds is 9. The van der Waals surface area contributed by atoms with E-state index in [9.17, 15) is 26.4 Å². The van der Waals surface area contributed by atoms with Crippen LogP contribution in [0, 0.1) is 12.7 Å². The zero-order valence-corrected chi connectivity index (χ0v) is 22.3. The van der Waals surface area contributed by atoms with Gasteiger partial charge in [0.05, 0.1) is 18.4 Å². The first-order valence-corrected chi connectivity index (χ1v) is 13.5. The van der Waals surface area contributed by atoms with Crippen LogP contribution in [0.2, 0.25) is 0 Å². The standard InChI is InChI=1S/C24H35F3N2O4S.ClH/c1-4-15-34(31,32)29-13-11-28(12-14-29)23(7-9-24(26,27)10-8-23)6-5-20(30)22-18(2)16-19(25)17-21(22)33-3;/h16-17H,4-15H2,1-3H3;1H. The van der Waals surface area contributed by atoms with Crippen molar-refractivity contribution in [1.29, 1.82) is 0 Å². The Hall–Kier alpha value is -1.36. The molecule has 2 fully saturated rings. The van der Waals surface area contributed by atoms with Crippen molar-refractivity contribution in [1.82, 2.24) is 9.21 Å². The highest BCUT2D eigenvalue weighted by atomic mass is 35.5. The molecule has 0 radical (unpaired) electrons. The third-order valence-corrected chi connectivity index (χ3v) is 9.33. The van der Waals surface area contributed by atoms with E-state index in [1.807, 2.05) is 6.92 Å². The number of piperazine rings is 1. The molecule has 200 valence electrons. The van der Waals surface area contributed by atoms with Gasteiger partial charge in [-0.05, 0) is 44.2 Å². The average molecular weight is 541 g/mol. The molecule has 1 aliphatic heterocycles. The fraction of sp³-hybridized carbons (Fsp3) is 0.708. The largest absolute Gasteiger partial charge is 0.496 e. The number of methoxy groups -OCH3 is 1. The highest BCUT2D eigenvalue weighted by Gasteiger charge is 2.47. The number of hydrogen-bond donors (Lipinski definition) is 0. The van der Waals surface area contributed by atoms with E-state index in [1.165, 1.54) is 23.5 Å². The van der Waals surface area contributed by atoms with Gasteiger partial charge >= 0.3 is 0 Å². The van der Waals surface area contributed by atoms with Gasteiger partial charge in [0.1, 0.15) is 11.6 Å². The molecule has 0 aromatic heterocycles. The van der Waals surface area contributed by atoms with Crippen molar-refractivity contribution >= 4 is 28.2 Å². The number of alkyl halides is 2. The van der Waals surface area contributed by atoms with Crippen molar-refractivity contribution in [2.75, 3.05) is 39.0 Å². The second-order valence-corrected chi connectivity index (χ2v) is 11.6. The number of ketones is 1. The first-order chi connectivity index (χ1) is 15.9. The Balaban J connectivity index is 0.00000432. The fourth-order valence-corrected chi connectivity index (χ4v) is 6.83. The number of hydrogen-bond acceptors (Lipinski definition) is 5. The molecule has 1 saturated heterocycles. The number of halogens is 4. The lowest BCUT2D eigenvalue weighted by molar-refractivity contribution is -0.0891. The Morgan fingerprint density at radius 2 is 1.69 bits per heavy atom. The minimum atomic E-state index is -3.32. The van der Waals surface area contributed by atoms with Gasteiger partial charge in [-0.1, -0.05) is 6.92 Å². The van der Waals surface area contributed by atoms with Crippen LogP contribution in [0.1, 0.15) is 67.8 Å². The van der Waals surface area contributed by atoms with Crippen molar-refractivity contribution < 1.29 is 31.1 Å². The molecule has 1 aliphatic carbocycles. The summed E-state index contributed by atoms with van der Waals surface area (Å²) < 4.78 is 73.4. The summed E-state index contributed by atoms with van der Waals surface area (Å²) in [4.78, 5) is 15.3. The number of ether oxygens (including phenoxy) is 1. The number of sulfonamides is 1. The summed E-state index contributed by atoms with van der Waals surface area (Å²) in [5.41, 5.74) is 0.190. The van der Waals surface area contributed by atoms with Crippen LogP contribution in [0.15, 0.2) is 12.1 Å². The van der Waals surface area contributed by atoms with E-state index in [4.69, 9.17) is 4.74 Å². The Kier molecular flexibility index (Phi) is 10.1. The van der Waals surface area contributed by atoms with Crippen LogP contribution in [0.3, 0.4) is 0 Å². The summed E-state index contributed by atoms with van der Waals surface area (Å²) in [5.74, 6) is -3.17. The quantitative estimate of drug-likeness (QED) is 0.420. The number of benzene rings is 1. The first kappa shape index (κ1) is 29.9. The van der Waals surface area contributed by atoms with Gasteiger partial charge in [-0.25, -0.2) is 21.6 Å². The summed E-state index contributed by atoms with van der Waals surface area (Å²) >= 11 is 0. The third kappa shape index (κ3) is 6.90. The van der Waals surface area contributed by atoms with Gasteiger partial charge < -0.3 is 4.74 Å². The van der Waals surface area contributed by atoms with E-state index in [0.29, 0.717) is 50.1 Å². The van der Waals surface area contributed by atoms with Crippen LogP contribution in [0.25, 0.3) is 0 Å². The van der Waals surface area contributed by atoms with Crippen molar-refractivity contribution in [3.05, 3.63) is 29.1 Å². The number of nitrogens with zero attached hydrogens (tertiary/aromatic N) is 2. The predicted molar refractivity (Wildman–Crippen MR) is 132 cm³/mol. The molecule has 1 heterocycles. The second-order valence-electron chi connectivity index (χ2n) is 9.51. The Bertz CT molecular complexity index is 989. The molecule has 0 unspecified atom stereocenters. The SMILES string of the molecule is CCCS(=O)(=O)N1CCN(C2(CCC(=O)c3c(C)cc(F)cc3OC)CCC(F)(F)CC2)CC1.Cl. The third-order valence-electron chi connectivity index (χ3n) is 7.26. The molecular formula is C24H36ClF3N2O4S. The van der Waals surface area contributed by atoms with Gasteiger partial charge in [-0.3, -0.25) is 9.69 Å². The van der Waals surface area contributed by atoms with E-state index in [-0.39, 0.29) is 61.8 Å². The molecule has 0 spiro atoms. The Morgan fingerprint density at radius 1 is 1.09 bits per heavy atom. The smallest absolute Gasteiger partial charge is 0.248 e. The van der Waals surface area contributed by atoms with Crippen molar-refractivity contribution in [3.63, 3.8) is 0 Å². The summed E-state index contributed by atoms with van der Waals surface area (Å²) in [6.45, 7) is 4.99. The van der Waals surface area contributed by atoms with E-state index >= 15 is 0 Å². The van der Waals surface area contributed by atoms with E-state index < -0.39 is 27.3 Å². The summed E-state index contributed by atoms with van der Waals surface area (Å²) in [6.07, 6.45) is 1.01. The van der Waals surface area contributed by atoms with Crippen molar-refractivity contribution in [2.45, 2.75) is 70.3 Å². The lowest BCUT2D eigenvalue weighted by atomic mass is 9.74. The average Bonchev–Trinajstić information content (AvgIpc) is 2.78. The Morgan fingerprint density at radius 3 is 2.23 bits per heavy atom. The predicted octanol–water partition coefficient (Wildman–Crippen LogP) is 4.83. The van der Waals surface area contributed by atoms with Gasteiger partial charge in [0.25, 0.3) is 0 Å². The number of Topliss-reactive ketones (excluding diaryl/α,β-unsaturated/α-hetero) is 1. The van der Waals surface area contributed by atoms with Crippen LogP contribution in [-0.2, 0) is 10.0 Å². The topological polar surface area (TPSA) is 66.9 Å². The summed E-state index contributed by atoms with van der Waals surface area (Å²) in [7, 11) is -1.94. The van der Waals surface area contributed by atoms with Crippen LogP contribution in [0.5, 0.6) is 5.75 Å². The van der Waals surface area contributed by atoms with E-state index in [0.717, 1.165) is 0 Å². The lowest BCUT2D eigenvalue weighted by Crippen LogP contribution is -2.60. The minimum Gasteiger partial charge on any atom is -0.496 e. The minimum absolute atomic E-state index is 0. The zero-order chi connectivity index (χ0) is 25.1. The maximum atomic E-state index is 14.0. The van der Waals surface area contributed by atoms with E-state index in [1.54, 1.807) is 6.92 Å². The summed E-state index contributed by atoms with van der Waals surface area (Å²) in [5, 5.41) is 0. The molecule has 2 aliphatic rings. The van der Waals surface area contributed by atoms with Gasteiger partial charge in [0.2, 0.25) is 15.9 Å². The van der Waals surface area contributed by atoms with Crippen molar-refractivity contribution in [2.24, 2.45) is 0 Å². The lowest BCUT2D eigenvalue weighted by Gasteiger charge is -2.51. The molecule has 35 heavy (non-hydrogen) atoms. The van der Waals surface area contributed by atoms with Gasteiger partial charge in [-0.15, -0.1) is 12.4 Å². The Labute approximate surface area is 212 Å². The molecule has 1 saturated carbocycles. The highest BCUT2D eigenvalue weighted by Crippen LogP contribution is 2.44. The highest BCUT2D eigenvalue weighted by molar-refractivity contribution is 7.89. The first-order valence-electron chi connectivity index (χ1n) is 11.9. The zero-order valence-electron chi connectivity index (χ0n) is 20.6. The van der Waals surface area contributed by atoms with Crippen LogP contribution in [-0.4, -0.2) is 73.9 Å². The number of aryl methyl sites for hydroxylation is 1. The second kappa shape index (κ2) is 11.8. The molecule has 1 aromatic rings. The normalized spacial score (nSPS) is 20.7. The number of carbonyl (C=O) groups is 1. The summed E-state index contributed by atoms with van der Waals surface area (Å²) in [6, 6.07) is 2.45. The van der Waals surface area contributed by atoms with E-state index in [2.05, 4.69) is 4.90 Å². The molecule has 11 heteroatoms. The van der Waals surface area contributed by atoms with Gasteiger partial charge in [-0.2, -0.15) is 4.31 Å². The van der Waals surface area contributed by atoms with Crippen LogP contribution in [0.4, 0.5) is 13.2 Å². The molecule has 0 atom stereocenters. The van der Waals surface area contributed by atoms with Crippen LogP contribution < -0.4 is 4.74 Å². The molecule has 6 nitrogen and oxygen atoms in total. The molecule has 0 N–H and O–H groups in total. The maximum Gasteiger partial charge on any atom is 0.248 e. The monoisotopic (exact) mass is 540 g/mol. The molecule has 0 bridgehead atoms. The van der Waals surface area contributed by atoms with Crippen LogP contribution >= 0.6 is 12.4 Å². The van der Waals surface area contributed by atoms with Gasteiger partial charge in [0.15, 0.2) is 5.78 Å². The van der Waals surface area contributed by atoms with Gasteiger partial charge in [0, 0.05) is 57.0 Å². The molecule has 1 aromatic carbocycles. The number of carbonyl (C=O) groups excluding carboxylic acids is 1. The molecule has 0 amide bonds. The molecule has 3 rings (SSSR count). The van der Waals surface area contributed by atoms with Crippen molar-refractivity contribution in [3.8, 4) is 5.75 Å². The maximum absolute atomic E-state index is 14.0. The fourth-order valence-electron chi connectivity index (χ4n) is 5.34. The molecular weight excluding hydrogens is 505 g/mol.